The van der Waals surface area contributed by atoms with Crippen molar-refractivity contribution in [3.05, 3.63) is 23.7 Å². The molecule has 104 valence electrons. The molecule has 0 aromatic carbocycles. The fraction of sp³-hybridized carbons (Fsp3) is 0.533. The van der Waals surface area contributed by atoms with Crippen LogP contribution in [0.3, 0.4) is 0 Å². The molecule has 1 saturated carbocycles. The summed E-state index contributed by atoms with van der Waals surface area (Å²) in [6, 6.07) is 3.81. The van der Waals surface area contributed by atoms with Crippen molar-refractivity contribution in [1.82, 2.24) is 15.1 Å². The van der Waals surface area contributed by atoms with Gasteiger partial charge in [-0.3, -0.25) is 0 Å². The average molecular weight is 270 g/mol. The van der Waals surface area contributed by atoms with Crippen molar-refractivity contribution in [2.75, 3.05) is 0 Å². The molecule has 0 bridgehead atoms. The molecule has 3 rings (SSSR count). The van der Waals surface area contributed by atoms with Crippen molar-refractivity contribution in [3.8, 4) is 17.7 Å². The summed E-state index contributed by atoms with van der Waals surface area (Å²) in [6.45, 7) is 2.25. The lowest BCUT2D eigenvalue weighted by Gasteiger charge is -2.26. The maximum atomic E-state index is 8.83. The summed E-state index contributed by atoms with van der Waals surface area (Å²) in [6.07, 6.45) is 7.73. The molecule has 5 heteroatoms. The van der Waals surface area contributed by atoms with Crippen LogP contribution in [0.25, 0.3) is 11.6 Å². The van der Waals surface area contributed by atoms with Crippen LogP contribution in [0.2, 0.25) is 0 Å². The first kappa shape index (κ1) is 12.9. The van der Waals surface area contributed by atoms with E-state index in [2.05, 4.69) is 28.1 Å². The van der Waals surface area contributed by atoms with Crippen LogP contribution in [0, 0.1) is 17.2 Å². The second kappa shape index (κ2) is 5.49. The van der Waals surface area contributed by atoms with Crippen molar-refractivity contribution in [1.29, 1.82) is 5.26 Å². The van der Waals surface area contributed by atoms with Gasteiger partial charge in [0.1, 0.15) is 11.8 Å². The van der Waals surface area contributed by atoms with E-state index in [1.165, 1.54) is 19.3 Å². The number of nitrogens with zero attached hydrogens (tertiary/aromatic N) is 3. The van der Waals surface area contributed by atoms with Crippen LogP contribution in [-0.4, -0.2) is 15.1 Å². The zero-order valence-corrected chi connectivity index (χ0v) is 11.6. The molecule has 1 aliphatic rings. The zero-order valence-electron chi connectivity index (χ0n) is 11.6. The van der Waals surface area contributed by atoms with Gasteiger partial charge in [-0.1, -0.05) is 31.3 Å². The predicted octanol–water partition coefficient (Wildman–Crippen LogP) is 3.62. The minimum absolute atomic E-state index is 0.414. The molecule has 2 atom stereocenters. The molecule has 2 aromatic rings. The second-order valence-corrected chi connectivity index (χ2v) is 5.51. The summed E-state index contributed by atoms with van der Waals surface area (Å²) < 4.78 is 5.33. The topological polar surface area (TPSA) is 78.5 Å². The molecule has 5 nitrogen and oxygen atoms in total. The molecule has 0 aliphatic heterocycles. The van der Waals surface area contributed by atoms with Gasteiger partial charge in [-0.15, -0.1) is 0 Å². The Bertz CT molecular complexity index is 622. The van der Waals surface area contributed by atoms with Gasteiger partial charge in [0.2, 0.25) is 0 Å². The lowest BCUT2D eigenvalue weighted by atomic mass is 9.80. The molecule has 2 heterocycles. The Balaban J connectivity index is 1.78. The van der Waals surface area contributed by atoms with E-state index in [-0.39, 0.29) is 0 Å². The van der Waals surface area contributed by atoms with Gasteiger partial charge in [0.25, 0.3) is 5.89 Å². The van der Waals surface area contributed by atoms with Gasteiger partial charge < -0.3 is 9.51 Å². The number of rotatable bonds is 3. The summed E-state index contributed by atoms with van der Waals surface area (Å²) in [4.78, 5) is 7.49. The highest BCUT2D eigenvalue weighted by molar-refractivity contribution is 5.51. The van der Waals surface area contributed by atoms with Gasteiger partial charge in [0, 0.05) is 12.1 Å². The van der Waals surface area contributed by atoms with Gasteiger partial charge in [0.05, 0.1) is 5.56 Å². The Morgan fingerprint density at radius 1 is 1.50 bits per heavy atom. The van der Waals surface area contributed by atoms with Crippen molar-refractivity contribution in [2.24, 2.45) is 5.92 Å². The van der Waals surface area contributed by atoms with Crippen LogP contribution < -0.4 is 0 Å². The van der Waals surface area contributed by atoms with E-state index in [0.29, 0.717) is 23.1 Å². The molecule has 0 saturated heterocycles. The van der Waals surface area contributed by atoms with Gasteiger partial charge >= 0.3 is 0 Å². The fourth-order valence-electron chi connectivity index (χ4n) is 2.99. The highest BCUT2D eigenvalue weighted by atomic mass is 16.5. The van der Waals surface area contributed by atoms with Crippen molar-refractivity contribution >= 4 is 0 Å². The van der Waals surface area contributed by atoms with Crippen molar-refractivity contribution < 1.29 is 4.52 Å². The Hall–Kier alpha value is -2.09. The van der Waals surface area contributed by atoms with E-state index < -0.39 is 0 Å². The lowest BCUT2D eigenvalue weighted by molar-refractivity contribution is 0.300. The summed E-state index contributed by atoms with van der Waals surface area (Å²) >= 11 is 0. The van der Waals surface area contributed by atoms with Crippen molar-refractivity contribution in [2.45, 2.75) is 44.9 Å². The number of hydrogen-bond donors (Lipinski definition) is 1. The lowest BCUT2D eigenvalue weighted by Crippen LogP contribution is -2.14. The third kappa shape index (κ3) is 2.46. The maximum Gasteiger partial charge on any atom is 0.274 e. The third-order valence-corrected chi connectivity index (χ3v) is 4.21. The number of H-pyrrole nitrogens is 1. The Kier molecular flexibility index (Phi) is 3.55. The van der Waals surface area contributed by atoms with Gasteiger partial charge in [-0.25, -0.2) is 0 Å². The first-order valence-corrected chi connectivity index (χ1v) is 7.22. The van der Waals surface area contributed by atoms with Crippen LogP contribution in [-0.2, 0) is 0 Å². The fourth-order valence-corrected chi connectivity index (χ4v) is 2.99. The highest BCUT2D eigenvalue weighted by Gasteiger charge is 2.26. The molecule has 1 aliphatic carbocycles. The van der Waals surface area contributed by atoms with Crippen molar-refractivity contribution in [3.63, 3.8) is 0 Å². The quantitative estimate of drug-likeness (QED) is 0.923. The zero-order chi connectivity index (χ0) is 13.9. The van der Waals surface area contributed by atoms with Crippen LogP contribution in [0.15, 0.2) is 16.8 Å². The van der Waals surface area contributed by atoms with Crippen LogP contribution >= 0.6 is 0 Å². The minimum Gasteiger partial charge on any atom is -0.356 e. The minimum atomic E-state index is 0.414. The number of aromatic amines is 1. The molecule has 2 unspecified atom stereocenters. The average Bonchev–Trinajstić information content (AvgIpc) is 3.15. The summed E-state index contributed by atoms with van der Waals surface area (Å²) in [5.41, 5.74) is 1.28. The molecule has 20 heavy (non-hydrogen) atoms. The Morgan fingerprint density at radius 3 is 3.15 bits per heavy atom. The largest absolute Gasteiger partial charge is 0.356 e. The number of hydrogen-bond acceptors (Lipinski definition) is 4. The molecule has 2 aromatic heterocycles. The molecular weight excluding hydrogens is 252 g/mol. The molecule has 0 radical (unpaired) electrons. The van der Waals surface area contributed by atoms with Crippen LogP contribution in [0.4, 0.5) is 0 Å². The number of nitrogens with one attached hydrogen (secondary N) is 1. The third-order valence-electron chi connectivity index (χ3n) is 4.21. The molecule has 0 amide bonds. The summed E-state index contributed by atoms with van der Waals surface area (Å²) in [7, 11) is 0. The second-order valence-electron chi connectivity index (χ2n) is 5.51. The van der Waals surface area contributed by atoms with E-state index in [1.54, 1.807) is 12.3 Å². The van der Waals surface area contributed by atoms with E-state index in [4.69, 9.17) is 9.78 Å². The molecular formula is C15H18N4O. The van der Waals surface area contributed by atoms with Crippen LogP contribution in [0.1, 0.15) is 56.3 Å². The van der Waals surface area contributed by atoms with E-state index >= 15 is 0 Å². The van der Waals surface area contributed by atoms with Gasteiger partial charge in [-0.2, -0.15) is 10.2 Å². The monoisotopic (exact) mass is 270 g/mol. The maximum absolute atomic E-state index is 8.83. The summed E-state index contributed by atoms with van der Waals surface area (Å²) in [5, 5.41) is 13.0. The van der Waals surface area contributed by atoms with Crippen LogP contribution in [0.5, 0.6) is 0 Å². The highest BCUT2D eigenvalue weighted by Crippen LogP contribution is 2.36. The van der Waals surface area contributed by atoms with E-state index in [9.17, 15) is 0 Å². The predicted molar refractivity (Wildman–Crippen MR) is 73.8 cm³/mol. The summed E-state index contributed by atoms with van der Waals surface area (Å²) in [5.74, 6) is 2.48. The SMILES string of the molecule is CCC1CCCC(c2noc(-c3cc(C#N)c[nH]3)n2)C1. The normalized spacial score (nSPS) is 22.6. The first-order chi connectivity index (χ1) is 9.80. The molecule has 1 N–H and O–H groups in total. The number of nitriles is 1. The molecule has 1 fully saturated rings. The standard InChI is InChI=1S/C15H18N4O/c1-2-10-4-3-5-12(6-10)14-18-15(20-19-14)13-7-11(8-16)9-17-13/h7,9-10,12,17H,2-6H2,1H3. The Labute approximate surface area is 118 Å². The smallest absolute Gasteiger partial charge is 0.274 e. The van der Waals surface area contributed by atoms with E-state index in [1.807, 2.05) is 0 Å². The molecule has 0 spiro atoms. The first-order valence-electron chi connectivity index (χ1n) is 7.22. The number of aromatic nitrogens is 3. The van der Waals surface area contributed by atoms with Gasteiger partial charge in [-0.05, 0) is 24.8 Å². The van der Waals surface area contributed by atoms with Gasteiger partial charge in [0.15, 0.2) is 5.82 Å². The van der Waals surface area contributed by atoms with E-state index in [0.717, 1.165) is 24.6 Å². The Morgan fingerprint density at radius 2 is 2.40 bits per heavy atom.